The molecule has 0 aliphatic carbocycles. The van der Waals surface area contributed by atoms with E-state index in [4.69, 9.17) is 11.6 Å². The van der Waals surface area contributed by atoms with Crippen LogP contribution in [0.1, 0.15) is 5.56 Å². The van der Waals surface area contributed by atoms with Gasteiger partial charge >= 0.3 is 0 Å². The Balaban J connectivity index is 2.59. The van der Waals surface area contributed by atoms with Crippen LogP contribution in [0.15, 0.2) is 39.3 Å². The van der Waals surface area contributed by atoms with E-state index in [1.54, 1.807) is 24.3 Å². The van der Waals surface area contributed by atoms with Crippen molar-refractivity contribution in [1.29, 1.82) is 0 Å². The van der Waals surface area contributed by atoms with Crippen molar-refractivity contribution in [2.45, 2.75) is 0 Å². The van der Waals surface area contributed by atoms with E-state index in [9.17, 15) is 8.42 Å². The van der Waals surface area contributed by atoms with Crippen molar-refractivity contribution in [1.82, 2.24) is 0 Å². The number of hydrogen-bond acceptors (Lipinski definition) is 3. The van der Waals surface area contributed by atoms with Gasteiger partial charge in [-0.3, -0.25) is 0 Å². The van der Waals surface area contributed by atoms with Gasteiger partial charge in [0.15, 0.2) is 5.04 Å². The highest BCUT2D eigenvalue weighted by Gasteiger charge is 2.30. The van der Waals surface area contributed by atoms with Crippen molar-refractivity contribution < 1.29 is 8.42 Å². The minimum Gasteiger partial charge on any atom is -0.242 e. The molecule has 1 aromatic carbocycles. The highest BCUT2D eigenvalue weighted by atomic mass is 79.9. The summed E-state index contributed by atoms with van der Waals surface area (Å²) < 4.78 is 23.5. The summed E-state index contributed by atoms with van der Waals surface area (Å²) >= 11 is 8.83. The smallest absolute Gasteiger partial charge is 0.232 e. The van der Waals surface area contributed by atoms with E-state index in [-0.39, 0.29) is 8.86 Å². The third-order valence-electron chi connectivity index (χ3n) is 1.90. The Hall–Kier alpha value is -0.650. The first-order chi connectivity index (χ1) is 7.03. The first-order valence-corrected chi connectivity index (χ1v) is 6.62. The number of halogens is 2. The molecule has 0 radical (unpaired) electrons. The summed E-state index contributed by atoms with van der Waals surface area (Å²) in [6.07, 6.45) is 1.26. The first kappa shape index (κ1) is 10.9. The monoisotopic (exact) mass is 305 g/mol. The van der Waals surface area contributed by atoms with Crippen molar-refractivity contribution in [3.8, 4) is 0 Å². The van der Waals surface area contributed by atoms with E-state index in [1.807, 2.05) is 0 Å². The second-order valence-corrected chi connectivity index (χ2v) is 6.47. The van der Waals surface area contributed by atoms with Gasteiger partial charge in [0.25, 0.3) is 0 Å². The highest BCUT2D eigenvalue weighted by molar-refractivity contribution is 9.14. The van der Waals surface area contributed by atoms with Crippen molar-refractivity contribution in [2.75, 3.05) is 0 Å². The third kappa shape index (κ3) is 1.75. The Morgan fingerprint density at radius 1 is 1.27 bits per heavy atom. The molecule has 0 fully saturated rings. The molecule has 0 atom stereocenters. The van der Waals surface area contributed by atoms with Crippen LogP contribution in [-0.4, -0.2) is 13.5 Å². The van der Waals surface area contributed by atoms with Crippen molar-refractivity contribution in [3.63, 3.8) is 0 Å². The Bertz CT molecular complexity index is 578. The SMILES string of the molecule is O=S1(=O)C(Br)=CN=C1c1ccccc1Cl. The maximum atomic E-state index is 11.7. The van der Waals surface area contributed by atoms with Gasteiger partial charge < -0.3 is 0 Å². The highest BCUT2D eigenvalue weighted by Crippen LogP contribution is 2.29. The average Bonchev–Trinajstić information content (AvgIpc) is 2.44. The number of rotatable bonds is 1. The van der Waals surface area contributed by atoms with Gasteiger partial charge in [-0.1, -0.05) is 29.8 Å². The molecule has 1 aromatic rings. The van der Waals surface area contributed by atoms with Crippen molar-refractivity contribution in [2.24, 2.45) is 4.99 Å². The fraction of sp³-hybridized carbons (Fsp3) is 0. The number of sulfone groups is 1. The lowest BCUT2D eigenvalue weighted by atomic mass is 10.2. The molecule has 0 bridgehead atoms. The minimum atomic E-state index is -3.50. The van der Waals surface area contributed by atoms with Crippen LogP contribution in [-0.2, 0) is 9.84 Å². The van der Waals surface area contributed by atoms with Crippen LogP contribution < -0.4 is 0 Å². The summed E-state index contributed by atoms with van der Waals surface area (Å²) in [6, 6.07) is 6.70. The third-order valence-corrected chi connectivity index (χ3v) is 5.17. The summed E-state index contributed by atoms with van der Waals surface area (Å²) in [4.78, 5) is 3.84. The Labute approximate surface area is 101 Å². The molecule has 0 saturated carbocycles. The van der Waals surface area contributed by atoms with Crippen LogP contribution >= 0.6 is 27.5 Å². The number of aliphatic imine (C=N–C) groups is 1. The molecule has 0 N–H and O–H groups in total. The molecule has 0 aromatic heterocycles. The van der Waals surface area contributed by atoms with Gasteiger partial charge in [0, 0.05) is 5.56 Å². The lowest BCUT2D eigenvalue weighted by Gasteiger charge is -2.03. The molecular weight excluding hydrogens is 302 g/mol. The molecule has 1 aliphatic rings. The molecule has 15 heavy (non-hydrogen) atoms. The zero-order valence-electron chi connectivity index (χ0n) is 7.31. The molecule has 3 nitrogen and oxygen atoms in total. The van der Waals surface area contributed by atoms with Crippen molar-refractivity contribution in [3.05, 3.63) is 44.9 Å². The average molecular weight is 307 g/mol. The van der Waals surface area contributed by atoms with Crippen LogP contribution in [0.2, 0.25) is 5.02 Å². The summed E-state index contributed by atoms with van der Waals surface area (Å²) in [5.41, 5.74) is 0.421. The fourth-order valence-corrected chi connectivity index (χ4v) is 3.07. The van der Waals surface area contributed by atoms with Gasteiger partial charge in [0.05, 0.1) is 11.2 Å². The van der Waals surface area contributed by atoms with Crippen molar-refractivity contribution >= 4 is 42.4 Å². The van der Waals surface area contributed by atoms with Crippen LogP contribution in [0, 0.1) is 0 Å². The topological polar surface area (TPSA) is 46.5 Å². The predicted octanol–water partition coefficient (Wildman–Crippen LogP) is 2.71. The quantitative estimate of drug-likeness (QED) is 0.801. The molecule has 0 spiro atoms. The molecule has 0 amide bonds. The molecule has 1 heterocycles. The summed E-state index contributed by atoms with van der Waals surface area (Å²) in [7, 11) is -3.50. The Morgan fingerprint density at radius 2 is 1.93 bits per heavy atom. The van der Waals surface area contributed by atoms with Gasteiger partial charge in [-0.2, -0.15) is 0 Å². The van der Waals surface area contributed by atoms with Gasteiger partial charge in [0.2, 0.25) is 9.84 Å². The van der Waals surface area contributed by atoms with Gasteiger partial charge in [0.1, 0.15) is 3.81 Å². The van der Waals surface area contributed by atoms with Crippen LogP contribution in [0.3, 0.4) is 0 Å². The second-order valence-electron chi connectivity index (χ2n) is 2.85. The summed E-state index contributed by atoms with van der Waals surface area (Å²) in [5.74, 6) is 0. The standard InChI is InChI=1S/C9H5BrClNO2S/c10-8-5-12-9(15(8,13)14)6-3-1-2-4-7(6)11/h1-5H. The Kier molecular flexibility index (Phi) is 2.70. The first-order valence-electron chi connectivity index (χ1n) is 3.97. The van der Waals surface area contributed by atoms with Gasteiger partial charge in [-0.25, -0.2) is 13.4 Å². The lowest BCUT2D eigenvalue weighted by molar-refractivity contribution is 0.615. The van der Waals surface area contributed by atoms with E-state index in [0.717, 1.165) is 0 Å². The second kappa shape index (κ2) is 3.73. The van der Waals surface area contributed by atoms with Crippen LogP contribution in [0.25, 0.3) is 0 Å². The Morgan fingerprint density at radius 3 is 2.47 bits per heavy atom. The van der Waals surface area contributed by atoms with E-state index in [2.05, 4.69) is 20.9 Å². The maximum Gasteiger partial charge on any atom is 0.232 e. The van der Waals surface area contributed by atoms with E-state index in [1.165, 1.54) is 6.20 Å². The van der Waals surface area contributed by atoms with Gasteiger partial charge in [-0.15, -0.1) is 0 Å². The number of hydrogen-bond donors (Lipinski definition) is 0. The molecule has 0 saturated heterocycles. The normalized spacial score (nSPS) is 18.5. The fourth-order valence-electron chi connectivity index (χ4n) is 1.19. The number of nitrogens with zero attached hydrogens (tertiary/aromatic N) is 1. The largest absolute Gasteiger partial charge is 0.242 e. The molecule has 6 heteroatoms. The van der Waals surface area contributed by atoms with E-state index >= 15 is 0 Å². The van der Waals surface area contributed by atoms with E-state index in [0.29, 0.717) is 10.6 Å². The van der Waals surface area contributed by atoms with Gasteiger partial charge in [-0.05, 0) is 22.0 Å². The molecular formula is C9H5BrClNO2S. The number of benzene rings is 1. The zero-order chi connectivity index (χ0) is 11.1. The maximum absolute atomic E-state index is 11.7. The van der Waals surface area contributed by atoms with Crippen LogP contribution in [0.5, 0.6) is 0 Å². The van der Waals surface area contributed by atoms with E-state index < -0.39 is 9.84 Å². The molecule has 78 valence electrons. The summed E-state index contributed by atoms with van der Waals surface area (Å²) in [5, 5.41) is 0.357. The predicted molar refractivity (Wildman–Crippen MR) is 63.9 cm³/mol. The molecule has 1 aliphatic heterocycles. The minimum absolute atomic E-state index is 0.0139. The molecule has 0 unspecified atom stereocenters. The zero-order valence-corrected chi connectivity index (χ0v) is 10.5. The molecule has 2 rings (SSSR count). The summed E-state index contributed by atoms with van der Waals surface area (Å²) in [6.45, 7) is 0. The lowest BCUT2D eigenvalue weighted by Crippen LogP contribution is -2.12. The van der Waals surface area contributed by atoms with Crippen LogP contribution in [0.4, 0.5) is 0 Å².